The predicted molar refractivity (Wildman–Crippen MR) is 121 cm³/mol. The average Bonchev–Trinajstić information content (AvgIpc) is 3.05. The maximum Gasteiger partial charge on any atom is 0.187 e. The van der Waals surface area contributed by atoms with Crippen LogP contribution < -0.4 is 0 Å². The summed E-state index contributed by atoms with van der Waals surface area (Å²) in [5, 5.41) is 50.7. The standard InChI is InChI=1S/C26H42O7/c1-24-9-6-15(28)12-14(24)4-5-16-17(24)7-10-25(2)18(16)8-11-26(25,3)33-23-22(31)21(30)20(29)19(13-27)32-23/h4,15-23,27-31H,5-13H2,1-3H3/t15-,16?,17?,18?,19-,20-,21+,22-,23+,24-,25-,26-/m0/s1. The zero-order chi connectivity index (χ0) is 23.8. The first-order valence-corrected chi connectivity index (χ1v) is 12.9. The van der Waals surface area contributed by atoms with Gasteiger partial charge < -0.3 is 35.0 Å². The summed E-state index contributed by atoms with van der Waals surface area (Å²) in [4.78, 5) is 0. The molecule has 3 unspecified atom stereocenters. The molecule has 5 rings (SSSR count). The van der Waals surface area contributed by atoms with E-state index < -0.39 is 42.9 Å². The molecule has 0 bridgehead atoms. The molecule has 0 aromatic heterocycles. The van der Waals surface area contributed by atoms with E-state index in [9.17, 15) is 25.5 Å². The molecule has 7 heteroatoms. The highest BCUT2D eigenvalue weighted by molar-refractivity contribution is 5.26. The first-order chi connectivity index (χ1) is 15.5. The number of rotatable bonds is 3. The second-order valence-electron chi connectivity index (χ2n) is 12.2. The van der Waals surface area contributed by atoms with Crippen LogP contribution in [0, 0.1) is 28.6 Å². The van der Waals surface area contributed by atoms with Crippen molar-refractivity contribution in [3.05, 3.63) is 11.6 Å². The molecule has 33 heavy (non-hydrogen) atoms. The first kappa shape index (κ1) is 24.2. The minimum absolute atomic E-state index is 0.0944. The Hall–Kier alpha value is -0.540. The summed E-state index contributed by atoms with van der Waals surface area (Å²) < 4.78 is 12.2. The van der Waals surface area contributed by atoms with E-state index in [1.807, 2.05) is 0 Å². The Morgan fingerprint density at radius 3 is 2.39 bits per heavy atom. The summed E-state index contributed by atoms with van der Waals surface area (Å²) in [7, 11) is 0. The van der Waals surface area contributed by atoms with Crippen molar-refractivity contribution in [3.63, 3.8) is 0 Å². The van der Waals surface area contributed by atoms with Gasteiger partial charge in [0.25, 0.3) is 0 Å². The van der Waals surface area contributed by atoms with Crippen LogP contribution >= 0.6 is 0 Å². The van der Waals surface area contributed by atoms with E-state index in [1.54, 1.807) is 0 Å². The molecular formula is C26H42O7. The normalized spacial score (nSPS) is 56.5. The molecule has 1 saturated heterocycles. The van der Waals surface area contributed by atoms with E-state index in [4.69, 9.17) is 9.47 Å². The highest BCUT2D eigenvalue weighted by Crippen LogP contribution is 2.68. The summed E-state index contributed by atoms with van der Waals surface area (Å²) in [6.45, 7) is 6.39. The molecule has 3 saturated carbocycles. The number of hydrogen-bond acceptors (Lipinski definition) is 7. The summed E-state index contributed by atoms with van der Waals surface area (Å²) in [6.07, 6.45) is 3.87. The maximum absolute atomic E-state index is 10.6. The van der Waals surface area contributed by atoms with Crippen LogP contribution in [-0.2, 0) is 9.47 Å². The van der Waals surface area contributed by atoms with Crippen LogP contribution in [0.4, 0.5) is 0 Å². The van der Waals surface area contributed by atoms with Crippen molar-refractivity contribution in [1.29, 1.82) is 0 Å². The predicted octanol–water partition coefficient (Wildman–Crippen LogP) is 1.89. The lowest BCUT2D eigenvalue weighted by Gasteiger charge is -2.59. The van der Waals surface area contributed by atoms with Crippen molar-refractivity contribution in [2.24, 2.45) is 28.6 Å². The monoisotopic (exact) mass is 466 g/mol. The highest BCUT2D eigenvalue weighted by Gasteiger charge is 2.64. The number of allylic oxidation sites excluding steroid dienone is 1. The third-order valence-corrected chi connectivity index (χ3v) is 10.8. The largest absolute Gasteiger partial charge is 0.394 e. The maximum atomic E-state index is 10.6. The quantitative estimate of drug-likeness (QED) is 0.403. The van der Waals surface area contributed by atoms with Crippen LogP contribution in [0.15, 0.2) is 11.6 Å². The van der Waals surface area contributed by atoms with E-state index in [0.717, 1.165) is 51.4 Å². The van der Waals surface area contributed by atoms with Gasteiger partial charge in [-0.3, -0.25) is 0 Å². The molecule has 4 fully saturated rings. The number of aliphatic hydroxyl groups excluding tert-OH is 5. The Bertz CT molecular complexity index is 785. The molecular weight excluding hydrogens is 424 g/mol. The van der Waals surface area contributed by atoms with Gasteiger partial charge in [0.15, 0.2) is 6.29 Å². The Balaban J connectivity index is 1.38. The zero-order valence-electron chi connectivity index (χ0n) is 20.2. The summed E-state index contributed by atoms with van der Waals surface area (Å²) >= 11 is 0. The SMILES string of the molecule is C[C@]12CC[C@H](O)CC1=CCC1C2CC[C@@]2(C)C1CC[C@]2(C)O[C@H]1O[C@@H](CO)[C@H](O)[C@@H](O)[C@@H]1O. The molecule has 0 radical (unpaired) electrons. The molecule has 0 aromatic carbocycles. The van der Waals surface area contributed by atoms with Crippen LogP contribution in [0.5, 0.6) is 0 Å². The van der Waals surface area contributed by atoms with Gasteiger partial charge in [-0.25, -0.2) is 0 Å². The molecule has 7 nitrogen and oxygen atoms in total. The minimum atomic E-state index is -1.42. The van der Waals surface area contributed by atoms with Crippen LogP contribution in [0.25, 0.3) is 0 Å². The fourth-order valence-electron chi connectivity index (χ4n) is 8.48. The van der Waals surface area contributed by atoms with Crippen LogP contribution in [-0.4, -0.2) is 74.6 Å². The van der Waals surface area contributed by atoms with Gasteiger partial charge in [0.2, 0.25) is 0 Å². The molecule has 1 heterocycles. The molecule has 188 valence electrons. The number of fused-ring (bicyclic) bond motifs is 5. The third-order valence-electron chi connectivity index (χ3n) is 10.8. The smallest absolute Gasteiger partial charge is 0.187 e. The summed E-state index contributed by atoms with van der Waals surface area (Å²) in [5.41, 5.74) is 1.01. The molecule has 0 amide bonds. The van der Waals surface area contributed by atoms with E-state index in [2.05, 4.69) is 26.8 Å². The Morgan fingerprint density at radius 2 is 1.67 bits per heavy atom. The van der Waals surface area contributed by atoms with Crippen molar-refractivity contribution in [1.82, 2.24) is 0 Å². The summed E-state index contributed by atoms with van der Waals surface area (Å²) in [5.74, 6) is 1.69. The second kappa shape index (κ2) is 8.26. The Labute approximate surface area is 196 Å². The Kier molecular flexibility index (Phi) is 6.05. The van der Waals surface area contributed by atoms with E-state index in [-0.39, 0.29) is 16.9 Å². The van der Waals surface area contributed by atoms with Gasteiger partial charge in [-0.05, 0) is 86.9 Å². The van der Waals surface area contributed by atoms with E-state index >= 15 is 0 Å². The molecule has 0 spiro atoms. The van der Waals surface area contributed by atoms with Gasteiger partial charge >= 0.3 is 0 Å². The van der Waals surface area contributed by atoms with Crippen molar-refractivity contribution in [2.45, 2.75) is 115 Å². The van der Waals surface area contributed by atoms with E-state index in [1.165, 1.54) is 5.57 Å². The molecule has 5 N–H and O–H groups in total. The molecule has 1 aliphatic heterocycles. The van der Waals surface area contributed by atoms with Gasteiger partial charge in [0, 0.05) is 0 Å². The van der Waals surface area contributed by atoms with Crippen LogP contribution in [0.2, 0.25) is 0 Å². The topological polar surface area (TPSA) is 120 Å². The third kappa shape index (κ3) is 3.49. The van der Waals surface area contributed by atoms with Crippen LogP contribution in [0.3, 0.4) is 0 Å². The van der Waals surface area contributed by atoms with Gasteiger partial charge in [-0.15, -0.1) is 0 Å². The van der Waals surface area contributed by atoms with Gasteiger partial charge in [-0.1, -0.05) is 25.5 Å². The van der Waals surface area contributed by atoms with Crippen LogP contribution in [0.1, 0.15) is 72.1 Å². The average molecular weight is 467 g/mol. The lowest BCUT2D eigenvalue weighted by Crippen LogP contribution is -2.62. The number of hydrogen-bond donors (Lipinski definition) is 5. The van der Waals surface area contributed by atoms with Crippen molar-refractivity contribution >= 4 is 0 Å². The minimum Gasteiger partial charge on any atom is -0.394 e. The van der Waals surface area contributed by atoms with Gasteiger partial charge in [0.05, 0.1) is 18.3 Å². The lowest BCUT2D eigenvalue weighted by molar-refractivity contribution is -0.338. The zero-order valence-corrected chi connectivity index (χ0v) is 20.2. The Morgan fingerprint density at radius 1 is 0.939 bits per heavy atom. The molecule has 0 aromatic rings. The second-order valence-corrected chi connectivity index (χ2v) is 12.2. The molecule has 4 aliphatic carbocycles. The van der Waals surface area contributed by atoms with Crippen molar-refractivity contribution in [2.75, 3.05) is 6.61 Å². The number of aliphatic hydroxyl groups is 5. The van der Waals surface area contributed by atoms with Crippen molar-refractivity contribution in [3.8, 4) is 0 Å². The lowest BCUT2D eigenvalue weighted by atomic mass is 9.47. The molecule has 12 atom stereocenters. The highest BCUT2D eigenvalue weighted by atomic mass is 16.7. The molecule has 5 aliphatic rings. The summed E-state index contributed by atoms with van der Waals surface area (Å²) in [6, 6.07) is 0. The number of ether oxygens (including phenoxy) is 2. The van der Waals surface area contributed by atoms with E-state index in [0.29, 0.717) is 17.8 Å². The van der Waals surface area contributed by atoms with Gasteiger partial charge in [0.1, 0.15) is 24.4 Å². The van der Waals surface area contributed by atoms with Gasteiger partial charge in [-0.2, -0.15) is 0 Å². The fraction of sp³-hybridized carbons (Fsp3) is 0.923. The van der Waals surface area contributed by atoms with Crippen molar-refractivity contribution < 1.29 is 35.0 Å². The first-order valence-electron chi connectivity index (χ1n) is 12.9. The fourth-order valence-corrected chi connectivity index (χ4v) is 8.48.